The number of carbonyl (C=O) groups is 1. The maximum atomic E-state index is 11.9. The molecule has 7 nitrogen and oxygen atoms in total. The molecule has 0 saturated heterocycles. The van der Waals surface area contributed by atoms with E-state index in [-0.39, 0.29) is 22.1 Å². The standard InChI is InChI=1S/C12H20N2O5S2/c1-4-18-7-6-14-11-10(21(3,16)17)8(13)9(20-11)12(15)19-5-2/h14H,4-7,13H2,1-3H3. The van der Waals surface area contributed by atoms with Crippen molar-refractivity contribution in [3.05, 3.63) is 4.88 Å². The fourth-order valence-electron chi connectivity index (χ4n) is 1.64. The maximum absolute atomic E-state index is 11.9. The van der Waals surface area contributed by atoms with Crippen molar-refractivity contribution in [2.45, 2.75) is 18.7 Å². The number of sulfone groups is 1. The van der Waals surface area contributed by atoms with Crippen LogP contribution in [0.3, 0.4) is 0 Å². The van der Waals surface area contributed by atoms with Crippen LogP contribution in [-0.4, -0.2) is 47.0 Å². The minimum absolute atomic E-state index is 0.0629. The molecule has 0 atom stereocenters. The zero-order chi connectivity index (χ0) is 16.0. The summed E-state index contributed by atoms with van der Waals surface area (Å²) < 4.78 is 33.8. The van der Waals surface area contributed by atoms with E-state index in [9.17, 15) is 13.2 Å². The average Bonchev–Trinajstić information content (AvgIpc) is 2.72. The summed E-state index contributed by atoms with van der Waals surface area (Å²) in [6.07, 6.45) is 1.05. The van der Waals surface area contributed by atoms with E-state index in [1.165, 1.54) is 0 Å². The van der Waals surface area contributed by atoms with E-state index in [1.807, 2.05) is 6.92 Å². The van der Waals surface area contributed by atoms with Crippen LogP contribution in [0.1, 0.15) is 23.5 Å². The predicted octanol–water partition coefficient (Wildman–Crippen LogP) is 1.36. The number of nitrogens with one attached hydrogen (secondary N) is 1. The lowest BCUT2D eigenvalue weighted by Crippen LogP contribution is -2.11. The number of nitrogen functional groups attached to an aromatic ring is 1. The van der Waals surface area contributed by atoms with Gasteiger partial charge in [0.05, 0.1) is 18.9 Å². The van der Waals surface area contributed by atoms with Crippen molar-refractivity contribution >= 4 is 37.8 Å². The van der Waals surface area contributed by atoms with E-state index < -0.39 is 15.8 Å². The van der Waals surface area contributed by atoms with Gasteiger partial charge in [0, 0.05) is 19.4 Å². The Labute approximate surface area is 128 Å². The van der Waals surface area contributed by atoms with E-state index in [1.54, 1.807) is 6.92 Å². The normalized spacial score (nSPS) is 11.4. The fraction of sp³-hybridized carbons (Fsp3) is 0.583. The molecule has 1 aromatic heterocycles. The second-order valence-electron chi connectivity index (χ2n) is 4.12. The molecule has 0 bridgehead atoms. The number of hydrogen-bond donors (Lipinski definition) is 2. The molecule has 0 unspecified atom stereocenters. The maximum Gasteiger partial charge on any atom is 0.350 e. The summed E-state index contributed by atoms with van der Waals surface area (Å²) in [5.41, 5.74) is 5.74. The molecule has 0 spiro atoms. The first-order valence-electron chi connectivity index (χ1n) is 6.43. The number of anilines is 2. The van der Waals surface area contributed by atoms with Gasteiger partial charge in [0.2, 0.25) is 0 Å². The fourth-order valence-corrected chi connectivity index (χ4v) is 4.13. The highest BCUT2D eigenvalue weighted by atomic mass is 32.2. The van der Waals surface area contributed by atoms with E-state index in [0.717, 1.165) is 17.6 Å². The molecule has 0 aliphatic carbocycles. The molecule has 21 heavy (non-hydrogen) atoms. The molecule has 0 aliphatic heterocycles. The van der Waals surface area contributed by atoms with Crippen LogP contribution < -0.4 is 11.1 Å². The SMILES string of the molecule is CCOCCNc1sc(C(=O)OCC)c(N)c1S(C)(=O)=O. The summed E-state index contributed by atoms with van der Waals surface area (Å²) >= 11 is 0.974. The molecule has 120 valence electrons. The van der Waals surface area contributed by atoms with Crippen LogP contribution in [0.25, 0.3) is 0 Å². The van der Waals surface area contributed by atoms with Crippen molar-refractivity contribution < 1.29 is 22.7 Å². The lowest BCUT2D eigenvalue weighted by molar-refractivity contribution is 0.0533. The van der Waals surface area contributed by atoms with Gasteiger partial charge < -0.3 is 20.5 Å². The van der Waals surface area contributed by atoms with Crippen LogP contribution >= 0.6 is 11.3 Å². The third kappa shape index (κ3) is 4.58. The van der Waals surface area contributed by atoms with Crippen LogP contribution in [0.4, 0.5) is 10.7 Å². The first-order valence-corrected chi connectivity index (χ1v) is 9.14. The van der Waals surface area contributed by atoms with Crippen LogP contribution in [0, 0.1) is 0 Å². The molecule has 0 fully saturated rings. The second kappa shape index (κ2) is 7.62. The highest BCUT2D eigenvalue weighted by Gasteiger charge is 2.27. The minimum atomic E-state index is -3.56. The molecule has 0 radical (unpaired) electrons. The molecule has 9 heteroatoms. The van der Waals surface area contributed by atoms with Gasteiger partial charge in [-0.3, -0.25) is 0 Å². The molecule has 1 heterocycles. The largest absolute Gasteiger partial charge is 0.462 e. The first kappa shape index (κ1) is 17.7. The van der Waals surface area contributed by atoms with Crippen molar-refractivity contribution in [2.75, 3.05) is 43.7 Å². The third-order valence-corrected chi connectivity index (χ3v) is 4.91. The zero-order valence-electron chi connectivity index (χ0n) is 12.3. The minimum Gasteiger partial charge on any atom is -0.462 e. The molecular weight excluding hydrogens is 316 g/mol. The summed E-state index contributed by atoms with van der Waals surface area (Å²) in [5, 5.41) is 3.27. The lowest BCUT2D eigenvalue weighted by atomic mass is 10.4. The molecule has 1 aromatic rings. The van der Waals surface area contributed by atoms with Gasteiger partial charge in [0.15, 0.2) is 9.84 Å². The van der Waals surface area contributed by atoms with Gasteiger partial charge in [-0.05, 0) is 13.8 Å². The Kier molecular flexibility index (Phi) is 6.43. The van der Waals surface area contributed by atoms with Crippen LogP contribution in [0.2, 0.25) is 0 Å². The number of hydrogen-bond acceptors (Lipinski definition) is 8. The van der Waals surface area contributed by atoms with Crippen LogP contribution in [0.15, 0.2) is 4.90 Å². The number of nitrogens with two attached hydrogens (primary N) is 1. The molecular formula is C12H20N2O5S2. The molecule has 0 aliphatic rings. The van der Waals surface area contributed by atoms with Gasteiger partial charge in [-0.25, -0.2) is 13.2 Å². The number of carbonyl (C=O) groups excluding carboxylic acids is 1. The monoisotopic (exact) mass is 336 g/mol. The van der Waals surface area contributed by atoms with E-state index >= 15 is 0 Å². The van der Waals surface area contributed by atoms with Crippen molar-refractivity contribution in [3.8, 4) is 0 Å². The van der Waals surface area contributed by atoms with Gasteiger partial charge in [0.25, 0.3) is 0 Å². The summed E-state index contributed by atoms with van der Waals surface area (Å²) in [6.45, 7) is 5.13. The molecule has 0 amide bonds. The topological polar surface area (TPSA) is 108 Å². The van der Waals surface area contributed by atoms with Gasteiger partial charge in [-0.15, -0.1) is 11.3 Å². The van der Waals surface area contributed by atoms with Gasteiger partial charge in [-0.2, -0.15) is 0 Å². The molecule has 0 aromatic carbocycles. The number of esters is 1. The zero-order valence-corrected chi connectivity index (χ0v) is 13.9. The first-order chi connectivity index (χ1) is 9.82. The van der Waals surface area contributed by atoms with Crippen LogP contribution in [-0.2, 0) is 19.3 Å². The van der Waals surface area contributed by atoms with E-state index in [4.69, 9.17) is 15.2 Å². The van der Waals surface area contributed by atoms with Crippen LogP contribution in [0.5, 0.6) is 0 Å². The summed E-state index contributed by atoms with van der Waals surface area (Å²) in [7, 11) is -3.56. The predicted molar refractivity (Wildman–Crippen MR) is 82.8 cm³/mol. The third-order valence-electron chi connectivity index (χ3n) is 2.47. The van der Waals surface area contributed by atoms with Gasteiger partial charge in [-0.1, -0.05) is 0 Å². The Balaban J connectivity index is 3.10. The number of thiophene rings is 1. The van der Waals surface area contributed by atoms with Gasteiger partial charge >= 0.3 is 5.97 Å². The molecule has 0 saturated carbocycles. The Morgan fingerprint density at radius 1 is 1.33 bits per heavy atom. The van der Waals surface area contributed by atoms with Crippen molar-refractivity contribution in [1.29, 1.82) is 0 Å². The number of rotatable bonds is 8. The van der Waals surface area contributed by atoms with Crippen molar-refractivity contribution in [1.82, 2.24) is 0 Å². The van der Waals surface area contributed by atoms with E-state index in [0.29, 0.717) is 24.8 Å². The smallest absolute Gasteiger partial charge is 0.350 e. The van der Waals surface area contributed by atoms with Crippen molar-refractivity contribution in [3.63, 3.8) is 0 Å². The highest BCUT2D eigenvalue weighted by molar-refractivity contribution is 7.91. The summed E-state index contributed by atoms with van der Waals surface area (Å²) in [4.78, 5) is 11.8. The van der Waals surface area contributed by atoms with Crippen molar-refractivity contribution in [2.24, 2.45) is 0 Å². The Hall–Kier alpha value is -1.32. The summed E-state index contributed by atoms with van der Waals surface area (Å²) in [6, 6.07) is 0. The number of ether oxygens (including phenoxy) is 2. The second-order valence-corrected chi connectivity index (χ2v) is 7.09. The van der Waals surface area contributed by atoms with Gasteiger partial charge in [0.1, 0.15) is 14.8 Å². The molecule has 3 N–H and O–H groups in total. The lowest BCUT2D eigenvalue weighted by Gasteiger charge is -2.06. The quantitative estimate of drug-likeness (QED) is 0.545. The molecule has 1 rings (SSSR count). The Bertz CT molecular complexity index is 595. The Morgan fingerprint density at radius 3 is 2.52 bits per heavy atom. The highest BCUT2D eigenvalue weighted by Crippen LogP contribution is 2.39. The Morgan fingerprint density at radius 2 is 2.00 bits per heavy atom. The summed E-state index contributed by atoms with van der Waals surface area (Å²) in [5.74, 6) is -0.622. The van der Waals surface area contributed by atoms with E-state index in [2.05, 4.69) is 5.32 Å². The average molecular weight is 336 g/mol.